The fraction of sp³-hybridized carbons (Fsp3) is 0.333. The predicted molar refractivity (Wildman–Crippen MR) is 78.1 cm³/mol. The van der Waals surface area contributed by atoms with E-state index in [0.29, 0.717) is 12.5 Å². The number of carbonyl (C=O) groups is 1. The van der Waals surface area contributed by atoms with Crippen LogP contribution in [0.25, 0.3) is 10.8 Å². The fourth-order valence-corrected chi connectivity index (χ4v) is 2.75. The molecule has 1 atom stereocenters. The van der Waals surface area contributed by atoms with Gasteiger partial charge in [0.05, 0.1) is 0 Å². The minimum atomic E-state index is -0.994. The van der Waals surface area contributed by atoms with Gasteiger partial charge in [0.15, 0.2) is 5.69 Å². The zero-order valence-corrected chi connectivity index (χ0v) is 11.1. The molecular formula is C15H17N3O2. The molecule has 1 aromatic heterocycles. The van der Waals surface area contributed by atoms with Crippen LogP contribution in [0.2, 0.25) is 0 Å². The van der Waals surface area contributed by atoms with E-state index in [2.05, 4.69) is 9.88 Å². The molecule has 1 unspecified atom stereocenters. The molecule has 20 heavy (non-hydrogen) atoms. The molecule has 5 nitrogen and oxygen atoms in total. The van der Waals surface area contributed by atoms with Gasteiger partial charge in [-0.3, -0.25) is 0 Å². The Hall–Kier alpha value is -2.14. The van der Waals surface area contributed by atoms with Crippen LogP contribution in [0.4, 0.5) is 5.82 Å². The average molecular weight is 271 g/mol. The maximum absolute atomic E-state index is 11.2. The van der Waals surface area contributed by atoms with Crippen molar-refractivity contribution < 1.29 is 9.90 Å². The van der Waals surface area contributed by atoms with E-state index in [4.69, 9.17) is 5.73 Å². The van der Waals surface area contributed by atoms with Crippen LogP contribution in [0.15, 0.2) is 30.3 Å². The molecule has 1 aliphatic rings. The summed E-state index contributed by atoms with van der Waals surface area (Å²) in [4.78, 5) is 17.7. The molecular weight excluding hydrogens is 254 g/mol. The third-order valence-electron chi connectivity index (χ3n) is 3.86. The van der Waals surface area contributed by atoms with Gasteiger partial charge in [0, 0.05) is 18.5 Å². The second kappa shape index (κ2) is 5.09. The molecule has 0 radical (unpaired) electrons. The van der Waals surface area contributed by atoms with Gasteiger partial charge in [-0.2, -0.15) is 0 Å². The zero-order chi connectivity index (χ0) is 14.1. The Kier molecular flexibility index (Phi) is 3.28. The van der Waals surface area contributed by atoms with Gasteiger partial charge in [-0.1, -0.05) is 24.3 Å². The van der Waals surface area contributed by atoms with Crippen molar-refractivity contribution >= 4 is 22.6 Å². The Morgan fingerprint density at radius 1 is 1.45 bits per heavy atom. The molecule has 0 spiro atoms. The minimum Gasteiger partial charge on any atom is -0.477 e. The molecule has 5 heteroatoms. The third-order valence-corrected chi connectivity index (χ3v) is 3.86. The van der Waals surface area contributed by atoms with Gasteiger partial charge >= 0.3 is 5.97 Å². The van der Waals surface area contributed by atoms with E-state index in [-0.39, 0.29) is 5.69 Å². The number of anilines is 1. The molecule has 1 fully saturated rings. The van der Waals surface area contributed by atoms with Gasteiger partial charge in [-0.15, -0.1) is 0 Å². The van der Waals surface area contributed by atoms with Gasteiger partial charge in [0.2, 0.25) is 0 Å². The van der Waals surface area contributed by atoms with E-state index >= 15 is 0 Å². The van der Waals surface area contributed by atoms with E-state index in [0.717, 1.165) is 36.1 Å². The molecule has 0 bridgehead atoms. The van der Waals surface area contributed by atoms with Gasteiger partial charge in [-0.25, -0.2) is 9.78 Å². The monoisotopic (exact) mass is 271 g/mol. The molecule has 104 valence electrons. The fourth-order valence-electron chi connectivity index (χ4n) is 2.75. The summed E-state index contributed by atoms with van der Waals surface area (Å²) in [6, 6.07) is 9.38. The average Bonchev–Trinajstić information content (AvgIpc) is 2.94. The summed E-state index contributed by atoms with van der Waals surface area (Å²) in [5.41, 5.74) is 5.82. The zero-order valence-electron chi connectivity index (χ0n) is 11.1. The Balaban J connectivity index is 2.10. The number of benzene rings is 1. The Labute approximate surface area is 117 Å². The lowest BCUT2D eigenvalue weighted by Crippen LogP contribution is -2.24. The number of hydrogen-bond donors (Lipinski definition) is 2. The van der Waals surface area contributed by atoms with E-state index in [1.807, 2.05) is 24.3 Å². The first kappa shape index (κ1) is 12.9. The first-order valence-corrected chi connectivity index (χ1v) is 6.77. The highest BCUT2D eigenvalue weighted by Crippen LogP contribution is 2.29. The number of fused-ring (bicyclic) bond motifs is 1. The summed E-state index contributed by atoms with van der Waals surface area (Å²) in [5, 5.41) is 11.1. The summed E-state index contributed by atoms with van der Waals surface area (Å²) >= 11 is 0. The number of aromatic nitrogens is 1. The standard InChI is InChI=1S/C15H17N3O2/c16-8-10-5-6-18(9-10)14-12-4-2-1-3-11(12)7-13(17-14)15(19)20/h1-4,7,10H,5-6,8-9,16H2,(H,19,20). The molecule has 0 saturated carbocycles. The molecule has 1 aromatic carbocycles. The first-order valence-electron chi connectivity index (χ1n) is 6.77. The molecule has 3 N–H and O–H groups in total. The summed E-state index contributed by atoms with van der Waals surface area (Å²) in [6.07, 6.45) is 1.03. The van der Waals surface area contributed by atoms with Gasteiger partial charge in [0.1, 0.15) is 5.82 Å². The maximum atomic E-state index is 11.2. The summed E-state index contributed by atoms with van der Waals surface area (Å²) in [7, 11) is 0. The highest BCUT2D eigenvalue weighted by molar-refractivity contribution is 5.98. The van der Waals surface area contributed by atoms with Crippen LogP contribution in [-0.4, -0.2) is 35.7 Å². The molecule has 2 aromatic rings. The van der Waals surface area contributed by atoms with Crippen LogP contribution in [0.5, 0.6) is 0 Å². The van der Waals surface area contributed by atoms with Crippen molar-refractivity contribution in [3.05, 3.63) is 36.0 Å². The summed E-state index contributed by atoms with van der Waals surface area (Å²) in [6.45, 7) is 2.38. The summed E-state index contributed by atoms with van der Waals surface area (Å²) in [5.74, 6) is 0.229. The second-order valence-electron chi connectivity index (χ2n) is 5.19. The lowest BCUT2D eigenvalue weighted by molar-refractivity contribution is 0.0691. The van der Waals surface area contributed by atoms with Crippen molar-refractivity contribution in [1.29, 1.82) is 0 Å². The second-order valence-corrected chi connectivity index (χ2v) is 5.19. The van der Waals surface area contributed by atoms with E-state index in [1.54, 1.807) is 6.07 Å². The van der Waals surface area contributed by atoms with Crippen LogP contribution in [-0.2, 0) is 0 Å². The van der Waals surface area contributed by atoms with Crippen molar-refractivity contribution in [3.8, 4) is 0 Å². The Morgan fingerprint density at radius 3 is 2.95 bits per heavy atom. The Bertz CT molecular complexity index is 657. The SMILES string of the molecule is NCC1CCN(c2nc(C(=O)O)cc3ccccc23)C1. The maximum Gasteiger partial charge on any atom is 0.354 e. The Morgan fingerprint density at radius 2 is 2.25 bits per heavy atom. The summed E-state index contributed by atoms with van der Waals surface area (Å²) < 4.78 is 0. The molecule has 1 saturated heterocycles. The molecule has 1 aliphatic heterocycles. The molecule has 0 amide bonds. The number of hydrogen-bond acceptors (Lipinski definition) is 4. The predicted octanol–water partition coefficient (Wildman–Crippen LogP) is 1.72. The van der Waals surface area contributed by atoms with Crippen LogP contribution in [0.1, 0.15) is 16.9 Å². The van der Waals surface area contributed by atoms with Crippen molar-refractivity contribution in [2.45, 2.75) is 6.42 Å². The molecule has 3 rings (SSSR count). The minimum absolute atomic E-state index is 0.0925. The number of carboxylic acid groups (broad SMARTS) is 1. The molecule has 0 aliphatic carbocycles. The highest BCUT2D eigenvalue weighted by atomic mass is 16.4. The van der Waals surface area contributed by atoms with Crippen molar-refractivity contribution in [2.75, 3.05) is 24.5 Å². The van der Waals surface area contributed by atoms with E-state index in [1.165, 1.54) is 0 Å². The van der Waals surface area contributed by atoms with Crippen LogP contribution in [0, 0.1) is 5.92 Å². The van der Waals surface area contributed by atoms with Crippen molar-refractivity contribution in [2.24, 2.45) is 11.7 Å². The number of pyridine rings is 1. The smallest absolute Gasteiger partial charge is 0.354 e. The quantitative estimate of drug-likeness (QED) is 0.888. The first-order chi connectivity index (χ1) is 9.69. The number of rotatable bonds is 3. The molecule has 2 heterocycles. The van der Waals surface area contributed by atoms with Gasteiger partial charge in [0.25, 0.3) is 0 Å². The number of carboxylic acids is 1. The highest BCUT2D eigenvalue weighted by Gasteiger charge is 2.24. The van der Waals surface area contributed by atoms with Gasteiger partial charge in [-0.05, 0) is 30.3 Å². The van der Waals surface area contributed by atoms with Crippen molar-refractivity contribution in [3.63, 3.8) is 0 Å². The number of nitrogens with zero attached hydrogens (tertiary/aromatic N) is 2. The lowest BCUT2D eigenvalue weighted by Gasteiger charge is -2.20. The van der Waals surface area contributed by atoms with Crippen LogP contribution < -0.4 is 10.6 Å². The number of nitrogens with two attached hydrogens (primary N) is 1. The third kappa shape index (κ3) is 2.20. The van der Waals surface area contributed by atoms with E-state index in [9.17, 15) is 9.90 Å². The largest absolute Gasteiger partial charge is 0.477 e. The number of aromatic carboxylic acids is 1. The van der Waals surface area contributed by atoms with Crippen molar-refractivity contribution in [1.82, 2.24) is 4.98 Å². The topological polar surface area (TPSA) is 79.5 Å². The normalized spacial score (nSPS) is 18.6. The van der Waals surface area contributed by atoms with Crippen LogP contribution >= 0.6 is 0 Å². The van der Waals surface area contributed by atoms with Gasteiger partial charge < -0.3 is 15.7 Å². The lowest BCUT2D eigenvalue weighted by atomic mass is 10.1. The van der Waals surface area contributed by atoms with Crippen LogP contribution in [0.3, 0.4) is 0 Å². The van der Waals surface area contributed by atoms with E-state index < -0.39 is 5.97 Å².